The molecule has 1 heteroatoms. The highest BCUT2D eigenvalue weighted by atomic mass is 14.9. The van der Waals surface area contributed by atoms with Crippen molar-refractivity contribution in [2.45, 2.75) is 45.6 Å². The molecule has 84 valence electrons. The number of rotatable bonds is 7. The average Bonchev–Trinajstić information content (AvgIpc) is 2.30. The Hall–Kier alpha value is -0.820. The maximum absolute atomic E-state index is 3.62. The van der Waals surface area contributed by atoms with Gasteiger partial charge in [0.1, 0.15) is 0 Å². The van der Waals surface area contributed by atoms with E-state index in [9.17, 15) is 0 Å². The molecule has 0 bridgehead atoms. The van der Waals surface area contributed by atoms with Crippen LogP contribution in [0.1, 0.15) is 51.1 Å². The molecule has 0 heterocycles. The minimum absolute atomic E-state index is 0.531. The van der Waals surface area contributed by atoms with Gasteiger partial charge in [0.15, 0.2) is 0 Å². The van der Waals surface area contributed by atoms with Crippen LogP contribution in [0, 0.1) is 0 Å². The highest BCUT2D eigenvalue weighted by Crippen LogP contribution is 2.15. The lowest BCUT2D eigenvalue weighted by atomic mass is 10.0. The van der Waals surface area contributed by atoms with Crippen molar-refractivity contribution in [3.8, 4) is 0 Å². The molecule has 0 aliphatic rings. The summed E-state index contributed by atoms with van der Waals surface area (Å²) in [5.41, 5.74) is 1.41. The zero-order chi connectivity index (χ0) is 10.9. The Kier molecular flexibility index (Phi) is 6.10. The van der Waals surface area contributed by atoms with E-state index in [4.69, 9.17) is 0 Å². The molecule has 1 nitrogen and oxygen atoms in total. The second kappa shape index (κ2) is 7.47. The summed E-state index contributed by atoms with van der Waals surface area (Å²) in [5.74, 6) is 0. The van der Waals surface area contributed by atoms with E-state index in [0.29, 0.717) is 6.04 Å². The van der Waals surface area contributed by atoms with Gasteiger partial charge in [-0.2, -0.15) is 0 Å². The van der Waals surface area contributed by atoms with E-state index >= 15 is 0 Å². The third-order valence-corrected chi connectivity index (χ3v) is 2.78. The summed E-state index contributed by atoms with van der Waals surface area (Å²) in [6.07, 6.45) is 5.08. The van der Waals surface area contributed by atoms with Gasteiger partial charge in [-0.25, -0.2) is 0 Å². The molecule has 0 unspecified atom stereocenters. The Labute approximate surface area is 93.9 Å². The summed E-state index contributed by atoms with van der Waals surface area (Å²) >= 11 is 0. The highest BCUT2D eigenvalue weighted by molar-refractivity contribution is 5.18. The second-order valence-electron chi connectivity index (χ2n) is 4.03. The molecule has 15 heavy (non-hydrogen) atoms. The van der Waals surface area contributed by atoms with E-state index < -0.39 is 0 Å². The Morgan fingerprint density at radius 1 is 1.07 bits per heavy atom. The average molecular weight is 205 g/mol. The van der Waals surface area contributed by atoms with Gasteiger partial charge in [0.05, 0.1) is 0 Å². The smallest absolute Gasteiger partial charge is 0.0317 e. The van der Waals surface area contributed by atoms with Crippen LogP contribution < -0.4 is 5.32 Å². The van der Waals surface area contributed by atoms with Crippen molar-refractivity contribution in [1.29, 1.82) is 0 Å². The highest BCUT2D eigenvalue weighted by Gasteiger charge is 2.06. The summed E-state index contributed by atoms with van der Waals surface area (Å²) < 4.78 is 0. The van der Waals surface area contributed by atoms with Crippen LogP contribution in [0.4, 0.5) is 0 Å². The van der Waals surface area contributed by atoms with Gasteiger partial charge in [-0.05, 0) is 24.9 Å². The minimum atomic E-state index is 0.531. The van der Waals surface area contributed by atoms with E-state index in [1.165, 1.54) is 24.8 Å². The van der Waals surface area contributed by atoms with Gasteiger partial charge in [-0.15, -0.1) is 0 Å². The molecule has 0 aliphatic heterocycles. The summed E-state index contributed by atoms with van der Waals surface area (Å²) in [4.78, 5) is 0. The summed E-state index contributed by atoms with van der Waals surface area (Å²) in [7, 11) is 0. The first-order valence-corrected chi connectivity index (χ1v) is 6.16. The Morgan fingerprint density at radius 3 is 2.40 bits per heavy atom. The number of benzene rings is 1. The van der Waals surface area contributed by atoms with E-state index in [2.05, 4.69) is 49.5 Å². The molecule has 0 saturated heterocycles. The predicted octanol–water partition coefficient (Wildman–Crippen LogP) is 3.92. The minimum Gasteiger partial charge on any atom is -0.310 e. The van der Waals surface area contributed by atoms with Gasteiger partial charge in [0.25, 0.3) is 0 Å². The Bertz CT molecular complexity index is 243. The summed E-state index contributed by atoms with van der Waals surface area (Å²) in [6, 6.07) is 11.3. The van der Waals surface area contributed by atoms with E-state index in [1.54, 1.807) is 0 Å². The van der Waals surface area contributed by atoms with Crippen LogP contribution in [0.15, 0.2) is 30.3 Å². The molecule has 1 aromatic rings. The fourth-order valence-electron chi connectivity index (χ4n) is 1.83. The van der Waals surface area contributed by atoms with E-state index in [0.717, 1.165) is 13.0 Å². The second-order valence-corrected chi connectivity index (χ2v) is 4.03. The van der Waals surface area contributed by atoms with Crippen LogP contribution in [-0.2, 0) is 0 Å². The van der Waals surface area contributed by atoms with Gasteiger partial charge >= 0.3 is 0 Å². The Morgan fingerprint density at radius 2 is 1.80 bits per heavy atom. The molecular formula is C14H23N. The summed E-state index contributed by atoms with van der Waals surface area (Å²) in [6.45, 7) is 5.63. The van der Waals surface area contributed by atoms with Crippen LogP contribution >= 0.6 is 0 Å². The van der Waals surface area contributed by atoms with Crippen LogP contribution in [-0.4, -0.2) is 6.54 Å². The Balaban J connectivity index is 2.36. The molecule has 1 atom stereocenters. The van der Waals surface area contributed by atoms with Gasteiger partial charge in [0, 0.05) is 6.04 Å². The SMILES string of the molecule is CCCCCN[C@H](CC)c1ccccc1. The zero-order valence-electron chi connectivity index (χ0n) is 10.00. The molecule has 1 rings (SSSR count). The molecule has 1 aromatic carbocycles. The van der Waals surface area contributed by atoms with Crippen molar-refractivity contribution in [1.82, 2.24) is 5.32 Å². The summed E-state index contributed by atoms with van der Waals surface area (Å²) in [5, 5.41) is 3.62. The van der Waals surface area contributed by atoms with Gasteiger partial charge in [0.2, 0.25) is 0 Å². The molecule has 0 aromatic heterocycles. The topological polar surface area (TPSA) is 12.0 Å². The third kappa shape index (κ3) is 4.48. The van der Waals surface area contributed by atoms with Gasteiger partial charge < -0.3 is 5.32 Å². The first kappa shape index (κ1) is 12.3. The quantitative estimate of drug-likeness (QED) is 0.665. The molecule has 0 aliphatic carbocycles. The lowest BCUT2D eigenvalue weighted by Gasteiger charge is -2.17. The van der Waals surface area contributed by atoms with Crippen molar-refractivity contribution >= 4 is 0 Å². The number of hydrogen-bond acceptors (Lipinski definition) is 1. The molecule has 0 amide bonds. The lowest BCUT2D eigenvalue weighted by Crippen LogP contribution is -2.21. The largest absolute Gasteiger partial charge is 0.310 e. The van der Waals surface area contributed by atoms with Crippen molar-refractivity contribution in [2.24, 2.45) is 0 Å². The molecule has 0 radical (unpaired) electrons. The zero-order valence-corrected chi connectivity index (χ0v) is 10.00. The van der Waals surface area contributed by atoms with Crippen molar-refractivity contribution in [3.05, 3.63) is 35.9 Å². The fourth-order valence-corrected chi connectivity index (χ4v) is 1.83. The predicted molar refractivity (Wildman–Crippen MR) is 67.0 cm³/mol. The number of unbranched alkanes of at least 4 members (excludes halogenated alkanes) is 2. The number of hydrogen-bond donors (Lipinski definition) is 1. The van der Waals surface area contributed by atoms with E-state index in [-0.39, 0.29) is 0 Å². The third-order valence-electron chi connectivity index (χ3n) is 2.78. The first-order chi connectivity index (χ1) is 7.38. The van der Waals surface area contributed by atoms with Crippen molar-refractivity contribution < 1.29 is 0 Å². The normalized spacial score (nSPS) is 12.7. The van der Waals surface area contributed by atoms with Crippen LogP contribution in [0.25, 0.3) is 0 Å². The van der Waals surface area contributed by atoms with Gasteiger partial charge in [-0.3, -0.25) is 0 Å². The standard InChI is InChI=1S/C14H23N/c1-3-5-9-12-15-14(4-2)13-10-7-6-8-11-13/h6-8,10-11,14-15H,3-5,9,12H2,1-2H3/t14-/m1/s1. The first-order valence-electron chi connectivity index (χ1n) is 6.16. The lowest BCUT2D eigenvalue weighted by molar-refractivity contribution is 0.501. The molecule has 0 spiro atoms. The van der Waals surface area contributed by atoms with Gasteiger partial charge in [-0.1, -0.05) is 57.0 Å². The molecular weight excluding hydrogens is 182 g/mol. The maximum atomic E-state index is 3.62. The fraction of sp³-hybridized carbons (Fsp3) is 0.571. The van der Waals surface area contributed by atoms with E-state index in [1.807, 2.05) is 0 Å². The molecule has 1 N–H and O–H groups in total. The van der Waals surface area contributed by atoms with Crippen molar-refractivity contribution in [2.75, 3.05) is 6.54 Å². The van der Waals surface area contributed by atoms with Crippen LogP contribution in [0.5, 0.6) is 0 Å². The number of nitrogens with one attached hydrogen (secondary N) is 1. The van der Waals surface area contributed by atoms with Crippen molar-refractivity contribution in [3.63, 3.8) is 0 Å². The molecule has 0 fully saturated rings. The monoisotopic (exact) mass is 205 g/mol. The molecule has 0 saturated carbocycles. The maximum Gasteiger partial charge on any atom is 0.0317 e. The van der Waals surface area contributed by atoms with Crippen LogP contribution in [0.2, 0.25) is 0 Å². The van der Waals surface area contributed by atoms with Crippen LogP contribution in [0.3, 0.4) is 0 Å².